The molecule has 1 aliphatic heterocycles. The SMILES string of the molecule is COc1ccc(F)cc1C(=O)C1(CN)COC1. The van der Waals surface area contributed by atoms with Crippen molar-refractivity contribution in [2.24, 2.45) is 11.1 Å². The smallest absolute Gasteiger partial charge is 0.178 e. The van der Waals surface area contributed by atoms with E-state index in [0.29, 0.717) is 5.75 Å². The Morgan fingerprint density at radius 2 is 2.29 bits per heavy atom. The maximum absolute atomic E-state index is 13.2. The number of nitrogens with two attached hydrogens (primary N) is 1. The zero-order valence-electron chi connectivity index (χ0n) is 9.53. The number of carbonyl (C=O) groups is 1. The molecule has 1 aromatic rings. The summed E-state index contributed by atoms with van der Waals surface area (Å²) >= 11 is 0. The summed E-state index contributed by atoms with van der Waals surface area (Å²) in [6.45, 7) is 0.746. The van der Waals surface area contributed by atoms with Crippen LogP contribution >= 0.6 is 0 Å². The first kappa shape index (κ1) is 12.0. The molecule has 1 heterocycles. The van der Waals surface area contributed by atoms with Gasteiger partial charge in [-0.15, -0.1) is 0 Å². The molecule has 0 saturated carbocycles. The van der Waals surface area contributed by atoms with E-state index >= 15 is 0 Å². The van der Waals surface area contributed by atoms with E-state index in [1.54, 1.807) is 0 Å². The van der Waals surface area contributed by atoms with Crippen molar-refractivity contribution < 1.29 is 18.7 Å². The zero-order chi connectivity index (χ0) is 12.5. The number of rotatable bonds is 4. The van der Waals surface area contributed by atoms with Gasteiger partial charge in [0.2, 0.25) is 0 Å². The third-order valence-corrected chi connectivity index (χ3v) is 3.04. The Labute approximate surface area is 98.5 Å². The van der Waals surface area contributed by atoms with Crippen molar-refractivity contribution in [3.63, 3.8) is 0 Å². The lowest BCUT2D eigenvalue weighted by atomic mass is 9.78. The molecule has 1 fully saturated rings. The molecule has 0 atom stereocenters. The van der Waals surface area contributed by atoms with Crippen molar-refractivity contribution in [2.45, 2.75) is 0 Å². The summed E-state index contributed by atoms with van der Waals surface area (Å²) in [5.41, 5.74) is 5.10. The maximum Gasteiger partial charge on any atom is 0.178 e. The van der Waals surface area contributed by atoms with Crippen LogP contribution in [-0.4, -0.2) is 32.7 Å². The van der Waals surface area contributed by atoms with E-state index in [2.05, 4.69) is 0 Å². The average Bonchev–Trinajstić information content (AvgIpc) is 2.28. The summed E-state index contributed by atoms with van der Waals surface area (Å²) < 4.78 is 23.3. The molecule has 1 saturated heterocycles. The molecule has 0 amide bonds. The molecule has 1 aromatic carbocycles. The monoisotopic (exact) mass is 239 g/mol. The van der Waals surface area contributed by atoms with Crippen LogP contribution in [0, 0.1) is 11.2 Å². The summed E-state index contributed by atoms with van der Waals surface area (Å²) in [6, 6.07) is 3.87. The summed E-state index contributed by atoms with van der Waals surface area (Å²) in [4.78, 5) is 12.3. The van der Waals surface area contributed by atoms with Gasteiger partial charge in [-0.25, -0.2) is 4.39 Å². The highest BCUT2D eigenvalue weighted by atomic mass is 19.1. The molecule has 0 unspecified atom stereocenters. The van der Waals surface area contributed by atoms with Crippen LogP contribution in [0.3, 0.4) is 0 Å². The van der Waals surface area contributed by atoms with E-state index in [1.165, 1.54) is 25.3 Å². The first-order valence-corrected chi connectivity index (χ1v) is 5.29. The van der Waals surface area contributed by atoms with Crippen LogP contribution in [0.5, 0.6) is 5.75 Å². The molecule has 0 aromatic heterocycles. The van der Waals surface area contributed by atoms with Crippen molar-refractivity contribution in [3.05, 3.63) is 29.6 Å². The molecule has 4 nitrogen and oxygen atoms in total. The van der Waals surface area contributed by atoms with Crippen LogP contribution in [-0.2, 0) is 4.74 Å². The lowest BCUT2D eigenvalue weighted by molar-refractivity contribution is -0.0817. The lowest BCUT2D eigenvalue weighted by Gasteiger charge is -2.39. The van der Waals surface area contributed by atoms with Gasteiger partial charge in [0.1, 0.15) is 11.6 Å². The minimum absolute atomic E-state index is 0.186. The van der Waals surface area contributed by atoms with Crippen LogP contribution < -0.4 is 10.5 Å². The van der Waals surface area contributed by atoms with Gasteiger partial charge in [0.25, 0.3) is 0 Å². The second-order valence-electron chi connectivity index (χ2n) is 4.15. The fourth-order valence-corrected chi connectivity index (χ4v) is 1.83. The van der Waals surface area contributed by atoms with Gasteiger partial charge < -0.3 is 15.2 Å². The third kappa shape index (κ3) is 1.92. The fourth-order valence-electron chi connectivity index (χ4n) is 1.83. The molecular weight excluding hydrogens is 225 g/mol. The predicted molar refractivity (Wildman–Crippen MR) is 59.6 cm³/mol. The topological polar surface area (TPSA) is 61.5 Å². The summed E-state index contributed by atoms with van der Waals surface area (Å²) in [6.07, 6.45) is 0. The van der Waals surface area contributed by atoms with Gasteiger partial charge in [0.15, 0.2) is 5.78 Å². The minimum atomic E-state index is -0.721. The van der Waals surface area contributed by atoms with E-state index < -0.39 is 11.2 Å². The summed E-state index contributed by atoms with van der Waals surface area (Å²) in [5.74, 6) is -0.333. The van der Waals surface area contributed by atoms with Crippen LogP contribution in [0.25, 0.3) is 0 Å². The van der Waals surface area contributed by atoms with E-state index in [4.69, 9.17) is 15.2 Å². The van der Waals surface area contributed by atoms with Crippen molar-refractivity contribution >= 4 is 5.78 Å². The van der Waals surface area contributed by atoms with Crippen LogP contribution in [0.15, 0.2) is 18.2 Å². The van der Waals surface area contributed by atoms with Gasteiger partial charge >= 0.3 is 0 Å². The second-order valence-corrected chi connectivity index (χ2v) is 4.15. The average molecular weight is 239 g/mol. The molecule has 2 N–H and O–H groups in total. The number of methoxy groups -OCH3 is 1. The Morgan fingerprint density at radius 1 is 1.59 bits per heavy atom. The first-order chi connectivity index (χ1) is 8.13. The minimum Gasteiger partial charge on any atom is -0.496 e. The van der Waals surface area contributed by atoms with Gasteiger partial charge in [-0.05, 0) is 18.2 Å². The van der Waals surface area contributed by atoms with Crippen LogP contribution in [0.4, 0.5) is 4.39 Å². The fraction of sp³-hybridized carbons (Fsp3) is 0.417. The Kier molecular flexibility index (Phi) is 3.13. The van der Waals surface area contributed by atoms with Crippen molar-refractivity contribution in [2.75, 3.05) is 26.9 Å². The van der Waals surface area contributed by atoms with Crippen molar-refractivity contribution in [1.82, 2.24) is 0 Å². The van der Waals surface area contributed by atoms with E-state index in [9.17, 15) is 9.18 Å². The molecule has 17 heavy (non-hydrogen) atoms. The van der Waals surface area contributed by atoms with Crippen molar-refractivity contribution in [3.8, 4) is 5.75 Å². The number of ether oxygens (including phenoxy) is 2. The molecule has 0 aliphatic carbocycles. The largest absolute Gasteiger partial charge is 0.496 e. The molecule has 92 valence electrons. The lowest BCUT2D eigenvalue weighted by Crippen LogP contribution is -2.54. The summed E-state index contributed by atoms with van der Waals surface area (Å²) in [5, 5.41) is 0. The molecule has 0 spiro atoms. The Bertz CT molecular complexity index is 438. The molecule has 5 heteroatoms. The molecular formula is C12H14FNO3. The highest BCUT2D eigenvalue weighted by Crippen LogP contribution is 2.34. The third-order valence-electron chi connectivity index (χ3n) is 3.04. The summed E-state index contributed by atoms with van der Waals surface area (Å²) in [7, 11) is 1.44. The predicted octanol–water partition coefficient (Wildman–Crippen LogP) is 0.992. The highest BCUT2D eigenvalue weighted by Gasteiger charge is 2.45. The Hall–Kier alpha value is -1.46. The Balaban J connectivity index is 2.39. The van der Waals surface area contributed by atoms with Gasteiger partial charge in [0, 0.05) is 6.54 Å². The number of halogens is 1. The van der Waals surface area contributed by atoms with Crippen molar-refractivity contribution in [1.29, 1.82) is 0 Å². The number of ketones is 1. The number of carbonyl (C=O) groups excluding carboxylic acids is 1. The van der Waals surface area contributed by atoms with Gasteiger partial charge in [-0.3, -0.25) is 4.79 Å². The normalized spacial score (nSPS) is 17.4. The zero-order valence-corrected chi connectivity index (χ0v) is 9.53. The van der Waals surface area contributed by atoms with Gasteiger partial charge in [-0.2, -0.15) is 0 Å². The van der Waals surface area contributed by atoms with Gasteiger partial charge in [-0.1, -0.05) is 0 Å². The number of hydrogen-bond donors (Lipinski definition) is 1. The number of hydrogen-bond acceptors (Lipinski definition) is 4. The van der Waals surface area contributed by atoms with Crippen LogP contribution in [0.2, 0.25) is 0 Å². The van der Waals surface area contributed by atoms with E-state index in [-0.39, 0.29) is 31.1 Å². The van der Waals surface area contributed by atoms with E-state index in [1.807, 2.05) is 0 Å². The standard InChI is InChI=1S/C12H14FNO3/c1-16-10-3-2-8(13)4-9(10)11(15)12(5-14)6-17-7-12/h2-4H,5-7,14H2,1H3. The maximum atomic E-state index is 13.2. The molecule has 0 bridgehead atoms. The highest BCUT2D eigenvalue weighted by molar-refractivity contribution is 6.03. The second kappa shape index (κ2) is 4.43. The first-order valence-electron chi connectivity index (χ1n) is 5.29. The van der Waals surface area contributed by atoms with Gasteiger partial charge in [0.05, 0.1) is 31.3 Å². The molecule has 0 radical (unpaired) electrons. The number of benzene rings is 1. The molecule has 1 aliphatic rings. The Morgan fingerprint density at radius 3 is 2.76 bits per heavy atom. The number of Topliss-reactive ketones (excluding diaryl/α,β-unsaturated/α-hetero) is 1. The molecule has 2 rings (SSSR count). The van der Waals surface area contributed by atoms with Crippen LogP contribution in [0.1, 0.15) is 10.4 Å². The van der Waals surface area contributed by atoms with E-state index in [0.717, 1.165) is 0 Å². The quantitative estimate of drug-likeness (QED) is 0.796.